The molecular formula is C13H9BrN6O2S. The molecule has 8 nitrogen and oxygen atoms in total. The lowest BCUT2D eigenvalue weighted by atomic mass is 10.3. The van der Waals surface area contributed by atoms with E-state index in [2.05, 4.69) is 36.4 Å². The second-order valence-electron chi connectivity index (χ2n) is 4.46. The van der Waals surface area contributed by atoms with Gasteiger partial charge in [0.15, 0.2) is 0 Å². The molecule has 10 heteroatoms. The molecular weight excluding hydrogens is 384 g/mol. The van der Waals surface area contributed by atoms with Gasteiger partial charge in [0.25, 0.3) is 5.69 Å². The number of benzene rings is 1. The number of hydrogen-bond acceptors (Lipinski definition) is 7. The molecule has 3 rings (SSSR count). The topological polar surface area (TPSA) is 99.6 Å². The Morgan fingerprint density at radius 1 is 1.22 bits per heavy atom. The largest absolute Gasteiger partial charge is 0.290 e. The summed E-state index contributed by atoms with van der Waals surface area (Å²) in [5.41, 5.74) is 1.14. The van der Waals surface area contributed by atoms with Crippen molar-refractivity contribution in [3.05, 3.63) is 56.7 Å². The summed E-state index contributed by atoms with van der Waals surface area (Å²) in [7, 11) is 0. The molecule has 0 fully saturated rings. The molecule has 2 aromatic heterocycles. The van der Waals surface area contributed by atoms with E-state index in [0.29, 0.717) is 15.9 Å². The van der Waals surface area contributed by atoms with Crippen LogP contribution in [0, 0.1) is 17.0 Å². The first-order chi connectivity index (χ1) is 11.0. The minimum absolute atomic E-state index is 0.0122. The molecule has 3 aromatic rings. The normalized spacial score (nSPS) is 10.7. The summed E-state index contributed by atoms with van der Waals surface area (Å²) in [6.45, 7) is 1.60. The summed E-state index contributed by atoms with van der Waals surface area (Å²) in [4.78, 5) is 14.6. The summed E-state index contributed by atoms with van der Waals surface area (Å²) in [5, 5.41) is 23.6. The average Bonchev–Trinajstić information content (AvgIpc) is 2.96. The van der Waals surface area contributed by atoms with Gasteiger partial charge in [0.1, 0.15) is 10.7 Å². The fourth-order valence-electron chi connectivity index (χ4n) is 1.86. The van der Waals surface area contributed by atoms with Crippen LogP contribution < -0.4 is 0 Å². The number of tetrazole rings is 1. The number of nitro groups is 1. The number of rotatable bonds is 4. The van der Waals surface area contributed by atoms with E-state index in [1.54, 1.807) is 17.7 Å². The smallest absolute Gasteiger partial charge is 0.258 e. The molecule has 0 N–H and O–H groups in total. The van der Waals surface area contributed by atoms with Gasteiger partial charge in [-0.15, -0.1) is 5.10 Å². The van der Waals surface area contributed by atoms with Crippen molar-refractivity contribution in [2.45, 2.75) is 17.1 Å². The van der Waals surface area contributed by atoms with Crippen LogP contribution in [-0.2, 0) is 0 Å². The highest BCUT2D eigenvalue weighted by Crippen LogP contribution is 2.28. The standard InChI is InChI=1S/C13H9BrN6O2S/c1-8-11(20(21)22)6-7-12(15-8)23-13-16-17-18-19(13)10-4-2-9(14)3-5-10/h2-7H,1H3. The second-order valence-corrected chi connectivity index (χ2v) is 6.37. The minimum Gasteiger partial charge on any atom is -0.258 e. The van der Waals surface area contributed by atoms with E-state index in [-0.39, 0.29) is 5.69 Å². The number of pyridine rings is 1. The Hall–Kier alpha value is -2.33. The van der Waals surface area contributed by atoms with Crippen LogP contribution in [0.25, 0.3) is 5.69 Å². The third kappa shape index (κ3) is 3.37. The van der Waals surface area contributed by atoms with Crippen molar-refractivity contribution in [1.29, 1.82) is 0 Å². The van der Waals surface area contributed by atoms with E-state index in [0.717, 1.165) is 10.2 Å². The highest BCUT2D eigenvalue weighted by Gasteiger charge is 2.15. The van der Waals surface area contributed by atoms with Crippen LogP contribution in [0.5, 0.6) is 0 Å². The van der Waals surface area contributed by atoms with Crippen LogP contribution in [0.15, 0.2) is 51.1 Å². The predicted octanol–water partition coefficient (Wildman–Crippen LogP) is 3.19. The summed E-state index contributed by atoms with van der Waals surface area (Å²) in [5.74, 6) is 0. The quantitative estimate of drug-likeness (QED) is 0.496. The average molecular weight is 393 g/mol. The van der Waals surface area contributed by atoms with E-state index < -0.39 is 4.92 Å². The first-order valence-electron chi connectivity index (χ1n) is 6.39. The van der Waals surface area contributed by atoms with Crippen LogP contribution in [0.2, 0.25) is 0 Å². The minimum atomic E-state index is -0.456. The molecule has 0 atom stereocenters. The number of nitrogens with zero attached hydrogens (tertiary/aromatic N) is 6. The maximum atomic E-state index is 10.8. The molecule has 0 saturated carbocycles. The van der Waals surface area contributed by atoms with E-state index in [1.165, 1.54) is 17.8 Å². The summed E-state index contributed by atoms with van der Waals surface area (Å²) in [6, 6.07) is 10.5. The fourth-order valence-corrected chi connectivity index (χ4v) is 2.94. The predicted molar refractivity (Wildman–Crippen MR) is 86.6 cm³/mol. The Balaban J connectivity index is 1.90. The second kappa shape index (κ2) is 6.42. The van der Waals surface area contributed by atoms with Crippen molar-refractivity contribution < 1.29 is 4.92 Å². The molecule has 0 radical (unpaired) electrons. The zero-order valence-electron chi connectivity index (χ0n) is 11.8. The van der Waals surface area contributed by atoms with Crippen LogP contribution in [0.1, 0.15) is 5.69 Å². The van der Waals surface area contributed by atoms with Crippen LogP contribution >= 0.6 is 27.7 Å². The lowest BCUT2D eigenvalue weighted by molar-refractivity contribution is -0.385. The molecule has 116 valence electrons. The van der Waals surface area contributed by atoms with Crippen LogP contribution in [0.3, 0.4) is 0 Å². The Labute approximate surface area is 143 Å². The van der Waals surface area contributed by atoms with E-state index in [9.17, 15) is 10.1 Å². The van der Waals surface area contributed by atoms with Crippen LogP contribution in [0.4, 0.5) is 5.69 Å². The lowest BCUT2D eigenvalue weighted by Crippen LogP contribution is -1.99. The van der Waals surface area contributed by atoms with Gasteiger partial charge in [0, 0.05) is 10.5 Å². The Morgan fingerprint density at radius 3 is 2.61 bits per heavy atom. The van der Waals surface area contributed by atoms with Gasteiger partial charge in [-0.25, -0.2) is 4.98 Å². The molecule has 23 heavy (non-hydrogen) atoms. The van der Waals surface area contributed by atoms with Gasteiger partial charge in [0.05, 0.1) is 10.6 Å². The molecule has 0 amide bonds. The van der Waals surface area contributed by atoms with Gasteiger partial charge in [-0.05, 0) is 59.4 Å². The maximum Gasteiger partial charge on any atom is 0.290 e. The lowest BCUT2D eigenvalue weighted by Gasteiger charge is -2.04. The molecule has 0 saturated heterocycles. The Morgan fingerprint density at radius 2 is 1.96 bits per heavy atom. The molecule has 0 unspecified atom stereocenters. The zero-order valence-corrected chi connectivity index (χ0v) is 14.2. The SMILES string of the molecule is Cc1nc(Sc2nnnn2-c2ccc(Br)cc2)ccc1[N+](=O)[O-]. The summed E-state index contributed by atoms with van der Waals surface area (Å²) >= 11 is 4.61. The number of aryl methyl sites for hydroxylation is 1. The van der Waals surface area contributed by atoms with Crippen molar-refractivity contribution in [1.82, 2.24) is 25.2 Å². The molecule has 0 aliphatic carbocycles. The number of hydrogen-bond donors (Lipinski definition) is 0. The first kappa shape index (κ1) is 15.6. The molecule has 0 aliphatic rings. The van der Waals surface area contributed by atoms with Crippen molar-refractivity contribution in [3.63, 3.8) is 0 Å². The third-order valence-electron chi connectivity index (χ3n) is 2.94. The van der Waals surface area contributed by atoms with Crippen molar-refractivity contribution in [2.24, 2.45) is 0 Å². The molecule has 0 bridgehead atoms. The Bertz CT molecular complexity index is 867. The highest BCUT2D eigenvalue weighted by atomic mass is 79.9. The van der Waals surface area contributed by atoms with Gasteiger partial charge in [0.2, 0.25) is 5.16 Å². The highest BCUT2D eigenvalue weighted by molar-refractivity contribution is 9.10. The van der Waals surface area contributed by atoms with Crippen molar-refractivity contribution in [2.75, 3.05) is 0 Å². The monoisotopic (exact) mass is 392 g/mol. The summed E-state index contributed by atoms with van der Waals surface area (Å²) in [6.07, 6.45) is 0. The molecule has 2 heterocycles. The number of aromatic nitrogens is 5. The van der Waals surface area contributed by atoms with E-state index in [4.69, 9.17) is 0 Å². The number of halogens is 1. The molecule has 0 aliphatic heterocycles. The van der Waals surface area contributed by atoms with E-state index in [1.807, 2.05) is 24.3 Å². The van der Waals surface area contributed by atoms with Gasteiger partial charge in [-0.2, -0.15) is 4.68 Å². The van der Waals surface area contributed by atoms with E-state index >= 15 is 0 Å². The third-order valence-corrected chi connectivity index (χ3v) is 4.34. The maximum absolute atomic E-state index is 10.8. The van der Waals surface area contributed by atoms with Gasteiger partial charge >= 0.3 is 0 Å². The first-order valence-corrected chi connectivity index (χ1v) is 8.00. The molecule has 1 aromatic carbocycles. The zero-order chi connectivity index (χ0) is 16.4. The van der Waals surface area contributed by atoms with Gasteiger partial charge < -0.3 is 0 Å². The fraction of sp³-hybridized carbons (Fsp3) is 0.0769. The van der Waals surface area contributed by atoms with Crippen molar-refractivity contribution >= 4 is 33.4 Å². The molecule has 0 spiro atoms. The Kier molecular flexibility index (Phi) is 4.35. The van der Waals surface area contributed by atoms with Gasteiger partial charge in [-0.1, -0.05) is 15.9 Å². The van der Waals surface area contributed by atoms with Crippen molar-refractivity contribution in [3.8, 4) is 5.69 Å². The van der Waals surface area contributed by atoms with Crippen LogP contribution in [-0.4, -0.2) is 30.1 Å². The van der Waals surface area contributed by atoms with Gasteiger partial charge in [-0.3, -0.25) is 10.1 Å². The summed E-state index contributed by atoms with van der Waals surface area (Å²) < 4.78 is 2.53.